The second-order valence-corrected chi connectivity index (χ2v) is 7.28. The highest BCUT2D eigenvalue weighted by Gasteiger charge is 2.38. The van der Waals surface area contributed by atoms with Crippen LogP contribution in [-0.2, 0) is 24.2 Å². The predicted octanol–water partition coefficient (Wildman–Crippen LogP) is 1.68. The van der Waals surface area contributed by atoms with Crippen LogP contribution < -0.4 is 4.74 Å². The number of hydrogen-bond acceptors (Lipinski definition) is 6. The highest BCUT2D eigenvalue weighted by molar-refractivity contribution is 5.42. The van der Waals surface area contributed by atoms with Crippen LogP contribution in [0.5, 0.6) is 5.75 Å². The summed E-state index contributed by atoms with van der Waals surface area (Å²) in [4.78, 5) is 0. The lowest BCUT2D eigenvalue weighted by molar-refractivity contribution is -0.240. The maximum Gasteiger partial charge on any atom is 0.229 e. The summed E-state index contributed by atoms with van der Waals surface area (Å²) in [5, 5.41) is 39.0. The second kappa shape index (κ2) is 9.65. The molecule has 0 bridgehead atoms. The topological polar surface area (TPSA) is 99.4 Å². The van der Waals surface area contributed by atoms with Crippen molar-refractivity contribution in [1.29, 1.82) is 0 Å². The van der Waals surface area contributed by atoms with Gasteiger partial charge in [-0.1, -0.05) is 31.2 Å². The minimum Gasteiger partial charge on any atom is -0.462 e. The molecule has 0 unspecified atom stereocenters. The number of aryl methyl sites for hydroxylation is 1. The molecule has 1 fully saturated rings. The third kappa shape index (κ3) is 5.12. The first-order valence-corrected chi connectivity index (χ1v) is 9.74. The van der Waals surface area contributed by atoms with E-state index in [1.807, 2.05) is 24.3 Å². The van der Waals surface area contributed by atoms with Crippen LogP contribution in [0.25, 0.3) is 0 Å². The minimum atomic E-state index is -1.35. The Morgan fingerprint density at radius 2 is 1.76 bits per heavy atom. The Balaban J connectivity index is 1.90. The SMILES string of the molecule is CCc1ccc(Cc2c(F)cc(CO)cc2O[C@@H]2O[C@H](CO)C[C@H](O)[C@H]2O)cc1. The van der Waals surface area contributed by atoms with Crippen LogP contribution in [-0.4, -0.2) is 51.6 Å². The summed E-state index contributed by atoms with van der Waals surface area (Å²) in [5.41, 5.74) is 2.61. The van der Waals surface area contributed by atoms with Crippen molar-refractivity contribution in [3.63, 3.8) is 0 Å². The molecule has 0 aliphatic carbocycles. The van der Waals surface area contributed by atoms with Crippen LogP contribution in [0.4, 0.5) is 4.39 Å². The van der Waals surface area contributed by atoms with Crippen molar-refractivity contribution in [3.8, 4) is 5.75 Å². The zero-order valence-corrected chi connectivity index (χ0v) is 16.3. The van der Waals surface area contributed by atoms with Crippen LogP contribution in [0.1, 0.15) is 35.6 Å². The molecule has 0 radical (unpaired) electrons. The van der Waals surface area contributed by atoms with E-state index in [9.17, 15) is 24.8 Å². The summed E-state index contributed by atoms with van der Waals surface area (Å²) in [6.07, 6.45) is -3.25. The van der Waals surface area contributed by atoms with Crippen LogP contribution in [0.2, 0.25) is 0 Å². The summed E-state index contributed by atoms with van der Waals surface area (Å²) in [6.45, 7) is 1.33. The van der Waals surface area contributed by atoms with Crippen molar-refractivity contribution in [2.24, 2.45) is 0 Å². The molecule has 1 aliphatic rings. The molecule has 6 nitrogen and oxygen atoms in total. The normalized spacial score (nSPS) is 24.5. The summed E-state index contributed by atoms with van der Waals surface area (Å²) in [6, 6.07) is 10.5. The molecule has 1 heterocycles. The molecule has 0 aromatic heterocycles. The van der Waals surface area contributed by atoms with E-state index in [1.165, 1.54) is 17.7 Å². The molecule has 3 rings (SSSR count). The van der Waals surface area contributed by atoms with E-state index in [1.54, 1.807) is 0 Å². The lowest BCUT2D eigenvalue weighted by atomic mass is 9.99. The molecule has 4 N–H and O–H groups in total. The first kappa shape index (κ1) is 21.7. The van der Waals surface area contributed by atoms with Crippen molar-refractivity contribution in [2.75, 3.05) is 6.61 Å². The van der Waals surface area contributed by atoms with Gasteiger partial charge in [0.15, 0.2) is 0 Å². The standard InChI is InChI=1S/C22H27FO6/c1-2-13-3-5-14(6-4-13)7-17-18(23)8-15(11-24)9-20(17)29-22-21(27)19(26)10-16(12-25)28-22/h3-6,8-9,16,19,21-22,24-27H,2,7,10-12H2,1H3/t16-,19-,21+,22-/m0/s1. The van der Waals surface area contributed by atoms with Crippen molar-refractivity contribution >= 4 is 0 Å². The van der Waals surface area contributed by atoms with Crippen molar-refractivity contribution in [2.45, 2.75) is 57.4 Å². The monoisotopic (exact) mass is 406 g/mol. The number of benzene rings is 2. The number of hydrogen-bond donors (Lipinski definition) is 4. The van der Waals surface area contributed by atoms with Crippen molar-refractivity contribution < 1.29 is 34.3 Å². The fourth-order valence-electron chi connectivity index (χ4n) is 3.39. The molecular formula is C22H27FO6. The van der Waals surface area contributed by atoms with E-state index < -0.39 is 30.4 Å². The van der Waals surface area contributed by atoms with E-state index in [0.29, 0.717) is 5.56 Å². The van der Waals surface area contributed by atoms with Gasteiger partial charge in [-0.25, -0.2) is 4.39 Å². The number of rotatable bonds is 7. The molecule has 0 amide bonds. The first-order chi connectivity index (χ1) is 13.9. The van der Waals surface area contributed by atoms with E-state index >= 15 is 0 Å². The van der Waals surface area contributed by atoms with Crippen LogP contribution in [0.3, 0.4) is 0 Å². The van der Waals surface area contributed by atoms with Gasteiger partial charge in [-0.05, 0) is 35.2 Å². The van der Waals surface area contributed by atoms with Gasteiger partial charge in [0, 0.05) is 18.4 Å². The van der Waals surface area contributed by atoms with E-state index in [2.05, 4.69) is 6.92 Å². The fraction of sp³-hybridized carbons (Fsp3) is 0.455. The summed E-state index contributed by atoms with van der Waals surface area (Å²) in [5.74, 6) is -0.431. The van der Waals surface area contributed by atoms with E-state index in [0.717, 1.165) is 12.0 Å². The Labute approximate surface area is 169 Å². The van der Waals surface area contributed by atoms with Gasteiger partial charge in [-0.2, -0.15) is 0 Å². The molecule has 1 saturated heterocycles. The maximum atomic E-state index is 14.8. The summed E-state index contributed by atoms with van der Waals surface area (Å²) < 4.78 is 26.1. The fourth-order valence-corrected chi connectivity index (χ4v) is 3.39. The highest BCUT2D eigenvalue weighted by Crippen LogP contribution is 2.31. The van der Waals surface area contributed by atoms with E-state index in [-0.39, 0.29) is 37.4 Å². The molecule has 0 spiro atoms. The smallest absolute Gasteiger partial charge is 0.229 e. The average molecular weight is 406 g/mol. The summed E-state index contributed by atoms with van der Waals surface area (Å²) >= 11 is 0. The molecule has 2 aromatic carbocycles. The molecule has 2 aromatic rings. The van der Waals surface area contributed by atoms with Crippen molar-refractivity contribution in [1.82, 2.24) is 0 Å². The Bertz CT molecular complexity index is 810. The molecular weight excluding hydrogens is 379 g/mol. The quantitative estimate of drug-likeness (QED) is 0.558. The largest absolute Gasteiger partial charge is 0.462 e. The number of aliphatic hydroxyl groups excluding tert-OH is 4. The molecule has 1 aliphatic heterocycles. The molecule has 0 saturated carbocycles. The molecule has 158 valence electrons. The lowest BCUT2D eigenvalue weighted by Crippen LogP contribution is -2.51. The molecule has 4 atom stereocenters. The summed E-state index contributed by atoms with van der Waals surface area (Å²) in [7, 11) is 0. The van der Waals surface area contributed by atoms with Gasteiger partial charge in [-0.15, -0.1) is 0 Å². The van der Waals surface area contributed by atoms with Gasteiger partial charge in [0.25, 0.3) is 0 Å². The average Bonchev–Trinajstić information content (AvgIpc) is 2.73. The zero-order valence-electron chi connectivity index (χ0n) is 16.3. The number of ether oxygens (including phenoxy) is 2. The zero-order chi connectivity index (χ0) is 21.0. The van der Waals surface area contributed by atoms with Gasteiger partial charge < -0.3 is 29.9 Å². The van der Waals surface area contributed by atoms with Gasteiger partial charge >= 0.3 is 0 Å². The Morgan fingerprint density at radius 1 is 1.07 bits per heavy atom. The molecule has 7 heteroatoms. The predicted molar refractivity (Wildman–Crippen MR) is 104 cm³/mol. The maximum absolute atomic E-state index is 14.8. The van der Waals surface area contributed by atoms with Gasteiger partial charge in [0.2, 0.25) is 6.29 Å². The Morgan fingerprint density at radius 3 is 2.38 bits per heavy atom. The Hall–Kier alpha value is -2.03. The van der Waals surface area contributed by atoms with Crippen LogP contribution >= 0.6 is 0 Å². The number of aliphatic hydroxyl groups is 4. The third-order valence-corrected chi connectivity index (χ3v) is 5.16. The minimum absolute atomic E-state index is 0.0687. The van der Waals surface area contributed by atoms with Crippen molar-refractivity contribution in [3.05, 3.63) is 64.5 Å². The second-order valence-electron chi connectivity index (χ2n) is 7.28. The Kier molecular flexibility index (Phi) is 7.21. The van der Waals surface area contributed by atoms with Gasteiger partial charge in [0.1, 0.15) is 17.7 Å². The van der Waals surface area contributed by atoms with Crippen LogP contribution in [0.15, 0.2) is 36.4 Å². The first-order valence-electron chi connectivity index (χ1n) is 9.74. The molecule has 29 heavy (non-hydrogen) atoms. The lowest BCUT2D eigenvalue weighted by Gasteiger charge is -2.36. The number of halogens is 1. The highest BCUT2D eigenvalue weighted by atomic mass is 19.1. The third-order valence-electron chi connectivity index (χ3n) is 5.16. The van der Waals surface area contributed by atoms with Gasteiger partial charge in [-0.3, -0.25) is 0 Å². The van der Waals surface area contributed by atoms with Crippen LogP contribution in [0, 0.1) is 5.82 Å². The van der Waals surface area contributed by atoms with E-state index in [4.69, 9.17) is 9.47 Å². The van der Waals surface area contributed by atoms with Gasteiger partial charge in [0.05, 0.1) is 25.4 Å².